The molecule has 5 heteroatoms. The van der Waals surface area contributed by atoms with Crippen molar-refractivity contribution in [2.24, 2.45) is 0 Å². The third-order valence-electron chi connectivity index (χ3n) is 3.05. The Morgan fingerprint density at radius 3 is 2.68 bits per heavy atom. The van der Waals surface area contributed by atoms with Crippen LogP contribution in [0.3, 0.4) is 0 Å². The molecule has 1 aromatic heterocycles. The van der Waals surface area contributed by atoms with E-state index < -0.39 is 0 Å². The second kappa shape index (κ2) is 6.13. The molecule has 1 heterocycles. The van der Waals surface area contributed by atoms with E-state index in [9.17, 15) is 4.79 Å². The molecule has 0 aliphatic carbocycles. The van der Waals surface area contributed by atoms with Crippen LogP contribution in [-0.2, 0) is 4.79 Å². The van der Waals surface area contributed by atoms with Gasteiger partial charge in [-0.1, -0.05) is 12.1 Å². The lowest BCUT2D eigenvalue weighted by atomic mass is 10.3. The number of aromatic nitrogens is 1. The van der Waals surface area contributed by atoms with Crippen LogP contribution in [-0.4, -0.2) is 18.0 Å². The second-order valence-electron chi connectivity index (χ2n) is 4.57. The number of anilines is 1. The van der Waals surface area contributed by atoms with Crippen LogP contribution >= 0.6 is 0 Å². The summed E-state index contributed by atoms with van der Waals surface area (Å²) >= 11 is 0. The number of benzene rings is 2. The quantitative estimate of drug-likeness (QED) is 0.748. The first-order chi connectivity index (χ1) is 10.7. The van der Waals surface area contributed by atoms with Crippen molar-refractivity contribution in [1.82, 2.24) is 4.98 Å². The number of methoxy groups -OCH3 is 1. The van der Waals surface area contributed by atoms with Crippen LogP contribution in [0.2, 0.25) is 0 Å². The first kappa shape index (κ1) is 13.9. The molecule has 0 bridgehead atoms. The van der Waals surface area contributed by atoms with E-state index in [0.29, 0.717) is 17.2 Å². The van der Waals surface area contributed by atoms with Gasteiger partial charge in [-0.15, -0.1) is 0 Å². The number of fused-ring (bicyclic) bond motifs is 1. The molecule has 2 aromatic carbocycles. The van der Waals surface area contributed by atoms with Crippen LogP contribution < -0.4 is 10.1 Å². The minimum Gasteiger partial charge on any atom is -0.497 e. The number of amides is 1. The molecule has 22 heavy (non-hydrogen) atoms. The average Bonchev–Trinajstić information content (AvgIpc) is 2.96. The van der Waals surface area contributed by atoms with Crippen LogP contribution in [0.4, 0.5) is 5.69 Å². The van der Waals surface area contributed by atoms with E-state index in [1.165, 1.54) is 6.08 Å². The fourth-order valence-electron chi connectivity index (χ4n) is 1.97. The van der Waals surface area contributed by atoms with E-state index in [1.54, 1.807) is 37.5 Å². The molecule has 0 aliphatic rings. The van der Waals surface area contributed by atoms with Gasteiger partial charge in [-0.3, -0.25) is 4.79 Å². The number of oxazole rings is 1. The molecule has 0 saturated heterocycles. The van der Waals surface area contributed by atoms with Gasteiger partial charge in [0.05, 0.1) is 7.11 Å². The van der Waals surface area contributed by atoms with Crippen LogP contribution in [0.25, 0.3) is 17.2 Å². The maximum Gasteiger partial charge on any atom is 0.248 e. The molecule has 1 N–H and O–H groups in total. The van der Waals surface area contributed by atoms with Crippen molar-refractivity contribution in [3.8, 4) is 5.75 Å². The summed E-state index contributed by atoms with van der Waals surface area (Å²) in [6.07, 6.45) is 2.92. The first-order valence-corrected chi connectivity index (χ1v) is 6.73. The Balaban J connectivity index is 1.67. The average molecular weight is 294 g/mol. The topological polar surface area (TPSA) is 64.4 Å². The number of hydrogen-bond donors (Lipinski definition) is 1. The van der Waals surface area contributed by atoms with Gasteiger partial charge in [-0.25, -0.2) is 4.98 Å². The molecule has 0 fully saturated rings. The number of carbonyl (C=O) groups is 1. The van der Waals surface area contributed by atoms with E-state index in [2.05, 4.69) is 10.3 Å². The van der Waals surface area contributed by atoms with Crippen molar-refractivity contribution < 1.29 is 13.9 Å². The molecule has 3 aromatic rings. The lowest BCUT2D eigenvalue weighted by Crippen LogP contribution is -2.07. The smallest absolute Gasteiger partial charge is 0.248 e. The monoisotopic (exact) mass is 294 g/mol. The highest BCUT2D eigenvalue weighted by atomic mass is 16.5. The molecule has 110 valence electrons. The van der Waals surface area contributed by atoms with Crippen LogP contribution in [0.1, 0.15) is 5.89 Å². The van der Waals surface area contributed by atoms with E-state index in [0.717, 1.165) is 11.3 Å². The van der Waals surface area contributed by atoms with Crippen LogP contribution in [0, 0.1) is 0 Å². The third kappa shape index (κ3) is 3.15. The van der Waals surface area contributed by atoms with Crippen molar-refractivity contribution >= 4 is 28.8 Å². The number of nitrogens with zero attached hydrogens (tertiary/aromatic N) is 1. The summed E-state index contributed by atoms with van der Waals surface area (Å²) in [5.41, 5.74) is 2.14. The molecule has 0 aliphatic heterocycles. The number of nitrogens with one attached hydrogen (secondary N) is 1. The zero-order valence-electron chi connectivity index (χ0n) is 11.9. The SMILES string of the molecule is COc1ccc(NC(=O)/C=C/c2nc3ccccc3o2)cc1. The standard InChI is InChI=1S/C17H14N2O3/c1-21-13-8-6-12(7-9-13)18-16(20)10-11-17-19-14-4-2-3-5-15(14)22-17/h2-11H,1H3,(H,18,20)/b11-10+. The summed E-state index contributed by atoms with van der Waals surface area (Å²) in [6.45, 7) is 0. The summed E-state index contributed by atoms with van der Waals surface area (Å²) in [5.74, 6) is 0.874. The predicted octanol–water partition coefficient (Wildman–Crippen LogP) is 3.49. The van der Waals surface area contributed by atoms with Gasteiger partial charge in [-0.05, 0) is 36.4 Å². The predicted molar refractivity (Wildman–Crippen MR) is 84.7 cm³/mol. The fraction of sp³-hybridized carbons (Fsp3) is 0.0588. The maximum atomic E-state index is 11.9. The Morgan fingerprint density at radius 2 is 1.95 bits per heavy atom. The number of ether oxygens (including phenoxy) is 1. The minimum atomic E-state index is -0.257. The Kier molecular flexibility index (Phi) is 3.87. The normalized spacial score (nSPS) is 11.0. The highest BCUT2D eigenvalue weighted by Gasteiger charge is 2.03. The largest absolute Gasteiger partial charge is 0.497 e. The lowest BCUT2D eigenvalue weighted by molar-refractivity contribution is -0.111. The van der Waals surface area contributed by atoms with Gasteiger partial charge >= 0.3 is 0 Å². The van der Waals surface area contributed by atoms with Crippen molar-refractivity contribution in [3.63, 3.8) is 0 Å². The number of rotatable bonds is 4. The molecular weight excluding hydrogens is 280 g/mol. The number of carbonyl (C=O) groups excluding carboxylic acids is 1. The third-order valence-corrected chi connectivity index (χ3v) is 3.05. The number of hydrogen-bond acceptors (Lipinski definition) is 4. The summed E-state index contributed by atoms with van der Waals surface area (Å²) in [5, 5.41) is 2.75. The van der Waals surface area contributed by atoms with Crippen molar-refractivity contribution in [1.29, 1.82) is 0 Å². The summed E-state index contributed by atoms with van der Waals surface area (Å²) in [6, 6.07) is 14.5. The van der Waals surface area contributed by atoms with Crippen molar-refractivity contribution in [2.45, 2.75) is 0 Å². The number of para-hydroxylation sites is 2. The minimum absolute atomic E-state index is 0.257. The maximum absolute atomic E-state index is 11.9. The van der Waals surface area contributed by atoms with Crippen molar-refractivity contribution in [3.05, 3.63) is 60.5 Å². The van der Waals surface area contributed by atoms with Gasteiger partial charge in [0.1, 0.15) is 11.3 Å². The molecule has 3 rings (SSSR count). The zero-order valence-corrected chi connectivity index (χ0v) is 11.9. The van der Waals surface area contributed by atoms with Gasteiger partial charge < -0.3 is 14.5 Å². The molecular formula is C17H14N2O3. The van der Waals surface area contributed by atoms with Gasteiger partial charge in [0.15, 0.2) is 5.58 Å². The van der Waals surface area contributed by atoms with E-state index in [4.69, 9.17) is 9.15 Å². The lowest BCUT2D eigenvalue weighted by Gasteiger charge is -2.03. The van der Waals surface area contributed by atoms with E-state index in [1.807, 2.05) is 24.3 Å². The summed E-state index contributed by atoms with van der Waals surface area (Å²) in [7, 11) is 1.59. The first-order valence-electron chi connectivity index (χ1n) is 6.73. The zero-order chi connectivity index (χ0) is 15.4. The van der Waals surface area contributed by atoms with Gasteiger partial charge in [0.2, 0.25) is 11.8 Å². The Bertz CT molecular complexity index is 786. The molecule has 0 spiro atoms. The summed E-state index contributed by atoms with van der Waals surface area (Å²) < 4.78 is 10.6. The highest BCUT2D eigenvalue weighted by molar-refractivity contribution is 6.01. The van der Waals surface area contributed by atoms with Crippen LogP contribution in [0.5, 0.6) is 5.75 Å². The molecule has 0 radical (unpaired) electrons. The molecule has 0 saturated carbocycles. The van der Waals surface area contributed by atoms with Gasteiger partial charge in [0.25, 0.3) is 0 Å². The van der Waals surface area contributed by atoms with Crippen LogP contribution in [0.15, 0.2) is 59.0 Å². The molecule has 0 atom stereocenters. The van der Waals surface area contributed by atoms with Gasteiger partial charge in [0, 0.05) is 17.8 Å². The molecule has 5 nitrogen and oxygen atoms in total. The highest BCUT2D eigenvalue weighted by Crippen LogP contribution is 2.16. The Hall–Kier alpha value is -3.08. The molecule has 0 unspecified atom stereocenters. The summed E-state index contributed by atoms with van der Waals surface area (Å²) in [4.78, 5) is 16.1. The van der Waals surface area contributed by atoms with E-state index >= 15 is 0 Å². The van der Waals surface area contributed by atoms with E-state index in [-0.39, 0.29) is 5.91 Å². The van der Waals surface area contributed by atoms with Gasteiger partial charge in [-0.2, -0.15) is 0 Å². The Labute approximate surface area is 127 Å². The van der Waals surface area contributed by atoms with Crippen molar-refractivity contribution in [2.75, 3.05) is 12.4 Å². The second-order valence-corrected chi connectivity index (χ2v) is 4.57. The Morgan fingerprint density at radius 1 is 1.18 bits per heavy atom. The molecule has 1 amide bonds. The fourth-order valence-corrected chi connectivity index (χ4v) is 1.97.